The van der Waals surface area contributed by atoms with Gasteiger partial charge in [-0.2, -0.15) is 0 Å². The van der Waals surface area contributed by atoms with Crippen molar-refractivity contribution >= 4 is 0 Å². The minimum atomic E-state index is -0.326. The highest BCUT2D eigenvalue weighted by Gasteiger charge is 2.79. The van der Waals surface area contributed by atoms with E-state index in [0.717, 1.165) is 37.0 Å². The van der Waals surface area contributed by atoms with Gasteiger partial charge in [0.1, 0.15) is 11.7 Å². The topological polar surface area (TPSA) is 53.0 Å². The summed E-state index contributed by atoms with van der Waals surface area (Å²) < 4.78 is 6.37. The third kappa shape index (κ3) is 2.86. The Hall–Kier alpha value is -0.120. The van der Waals surface area contributed by atoms with E-state index >= 15 is 0 Å². The first-order valence-corrected chi connectivity index (χ1v) is 13.2. The van der Waals surface area contributed by atoms with E-state index < -0.39 is 0 Å². The average molecular weight is 419 g/mol. The SMILES string of the molecule is CC(C)CCC[C@@H](C)[C@H]1CC[C@H]2[C@@H]3[C@H](O)C4OC45C[C@@H](O)CC[C@]5(C)[C@H]3CC[C@]12C. The van der Waals surface area contributed by atoms with Gasteiger partial charge in [-0.3, -0.25) is 0 Å². The Bertz CT molecular complexity index is 662. The Kier molecular flexibility index (Phi) is 5.20. The van der Waals surface area contributed by atoms with Crippen molar-refractivity contribution in [3.8, 4) is 0 Å². The molecule has 0 radical (unpaired) electrons. The second-order valence-corrected chi connectivity index (χ2v) is 13.1. The van der Waals surface area contributed by atoms with E-state index in [0.29, 0.717) is 23.2 Å². The zero-order valence-corrected chi connectivity index (χ0v) is 20.1. The Morgan fingerprint density at radius 3 is 2.43 bits per heavy atom. The highest BCUT2D eigenvalue weighted by Crippen LogP contribution is 2.74. The van der Waals surface area contributed by atoms with Gasteiger partial charge in [-0.25, -0.2) is 0 Å². The summed E-state index contributed by atoms with van der Waals surface area (Å²) in [5, 5.41) is 21.9. The molecule has 5 rings (SSSR count). The standard InChI is InChI=1S/C27H46O3/c1-16(2)7-6-8-17(3)19-9-10-20-22-21(12-13-25(19,20)4)26(5)14-11-18(28)15-27(26)24(30-27)23(22)29/h16-24,28-29H,6-15H2,1-5H3/t17-,18+,19-,20+,21+,22+,23+,24?,25-,26-,27?/m1/s1. The van der Waals surface area contributed by atoms with Gasteiger partial charge in [0, 0.05) is 11.8 Å². The molecule has 0 aromatic heterocycles. The lowest BCUT2D eigenvalue weighted by molar-refractivity contribution is -0.151. The Labute approximate surface area is 184 Å². The average Bonchev–Trinajstić information content (AvgIpc) is 3.29. The van der Waals surface area contributed by atoms with Crippen molar-refractivity contribution in [2.45, 2.75) is 123 Å². The molecule has 0 aromatic carbocycles. The van der Waals surface area contributed by atoms with Gasteiger partial charge in [-0.05, 0) is 79.4 Å². The van der Waals surface area contributed by atoms with Crippen LogP contribution in [0.4, 0.5) is 0 Å². The van der Waals surface area contributed by atoms with E-state index in [1.165, 1.54) is 44.9 Å². The first-order valence-electron chi connectivity index (χ1n) is 13.2. The summed E-state index contributed by atoms with van der Waals surface area (Å²) in [6.07, 6.45) is 11.4. The van der Waals surface area contributed by atoms with Crippen LogP contribution in [0.15, 0.2) is 0 Å². The zero-order chi connectivity index (χ0) is 21.5. The maximum atomic E-state index is 11.5. The van der Waals surface area contributed by atoms with Crippen LogP contribution >= 0.6 is 0 Å². The van der Waals surface area contributed by atoms with E-state index in [1.54, 1.807) is 0 Å². The summed E-state index contributed by atoms with van der Waals surface area (Å²) in [5.41, 5.74) is 0.295. The van der Waals surface area contributed by atoms with Crippen LogP contribution in [-0.2, 0) is 4.74 Å². The summed E-state index contributed by atoms with van der Waals surface area (Å²) in [5.74, 6) is 4.03. The molecule has 3 heteroatoms. The van der Waals surface area contributed by atoms with Crippen molar-refractivity contribution in [2.75, 3.05) is 0 Å². The van der Waals surface area contributed by atoms with E-state index in [1.807, 2.05) is 0 Å². The van der Waals surface area contributed by atoms with Crippen LogP contribution in [-0.4, -0.2) is 34.1 Å². The van der Waals surface area contributed by atoms with Crippen LogP contribution < -0.4 is 0 Å². The summed E-state index contributed by atoms with van der Waals surface area (Å²) in [6, 6.07) is 0. The van der Waals surface area contributed by atoms with Crippen LogP contribution in [0.25, 0.3) is 0 Å². The highest BCUT2D eigenvalue weighted by atomic mass is 16.6. The molecule has 1 saturated heterocycles. The molecule has 0 aromatic rings. The fraction of sp³-hybridized carbons (Fsp3) is 1.00. The lowest BCUT2D eigenvalue weighted by atomic mass is 9.43. The number of aliphatic hydroxyl groups excluding tert-OH is 2. The number of epoxide rings is 1. The molecule has 1 heterocycles. The fourth-order valence-electron chi connectivity index (χ4n) is 9.67. The van der Waals surface area contributed by atoms with Crippen molar-refractivity contribution in [3.63, 3.8) is 0 Å². The lowest BCUT2D eigenvalue weighted by Crippen LogP contribution is -2.63. The maximum absolute atomic E-state index is 11.5. The third-order valence-electron chi connectivity index (χ3n) is 11.3. The summed E-state index contributed by atoms with van der Waals surface area (Å²) >= 11 is 0. The number of ether oxygens (including phenoxy) is 1. The van der Waals surface area contributed by atoms with Crippen molar-refractivity contribution in [1.29, 1.82) is 0 Å². The second-order valence-electron chi connectivity index (χ2n) is 13.1. The number of rotatable bonds is 5. The molecule has 1 spiro atoms. The van der Waals surface area contributed by atoms with Gasteiger partial charge in [0.2, 0.25) is 0 Å². The van der Waals surface area contributed by atoms with Crippen molar-refractivity contribution in [2.24, 2.45) is 46.3 Å². The molecule has 2 N–H and O–H groups in total. The number of aliphatic hydroxyl groups is 2. The van der Waals surface area contributed by atoms with E-state index in [-0.39, 0.29) is 29.3 Å². The van der Waals surface area contributed by atoms with E-state index in [2.05, 4.69) is 34.6 Å². The molecule has 172 valence electrons. The van der Waals surface area contributed by atoms with Gasteiger partial charge >= 0.3 is 0 Å². The second kappa shape index (κ2) is 7.19. The Morgan fingerprint density at radius 1 is 0.933 bits per heavy atom. The van der Waals surface area contributed by atoms with Gasteiger partial charge < -0.3 is 14.9 Å². The van der Waals surface area contributed by atoms with Crippen molar-refractivity contribution in [1.82, 2.24) is 0 Å². The van der Waals surface area contributed by atoms with Crippen LogP contribution in [0.1, 0.15) is 98.8 Å². The quantitative estimate of drug-likeness (QED) is 0.574. The van der Waals surface area contributed by atoms with Crippen LogP contribution in [0, 0.1) is 46.3 Å². The minimum absolute atomic E-state index is 0.0245. The largest absolute Gasteiger partial charge is 0.393 e. The summed E-state index contributed by atoms with van der Waals surface area (Å²) in [7, 11) is 0. The minimum Gasteiger partial charge on any atom is -0.393 e. The Morgan fingerprint density at radius 2 is 1.70 bits per heavy atom. The predicted molar refractivity (Wildman–Crippen MR) is 120 cm³/mol. The molecule has 3 nitrogen and oxygen atoms in total. The first kappa shape index (κ1) is 21.7. The third-order valence-corrected chi connectivity index (χ3v) is 11.3. The van der Waals surface area contributed by atoms with E-state index in [9.17, 15) is 10.2 Å². The summed E-state index contributed by atoms with van der Waals surface area (Å²) in [4.78, 5) is 0. The smallest absolute Gasteiger partial charge is 0.114 e. The summed E-state index contributed by atoms with van der Waals surface area (Å²) in [6.45, 7) is 12.2. The fourth-order valence-corrected chi connectivity index (χ4v) is 9.67. The van der Waals surface area contributed by atoms with Gasteiger partial charge in [0.15, 0.2) is 0 Å². The first-order chi connectivity index (χ1) is 14.1. The Balaban J connectivity index is 1.37. The molecule has 4 aliphatic carbocycles. The number of fused-ring (bicyclic) bond motifs is 4. The van der Waals surface area contributed by atoms with Crippen molar-refractivity contribution in [3.05, 3.63) is 0 Å². The molecule has 5 fully saturated rings. The van der Waals surface area contributed by atoms with Crippen LogP contribution in [0.5, 0.6) is 0 Å². The van der Waals surface area contributed by atoms with E-state index in [4.69, 9.17) is 4.74 Å². The number of hydrogen-bond donors (Lipinski definition) is 2. The van der Waals surface area contributed by atoms with Gasteiger partial charge in [0.05, 0.1) is 12.2 Å². The molecule has 30 heavy (non-hydrogen) atoms. The van der Waals surface area contributed by atoms with Gasteiger partial charge in [-0.1, -0.05) is 53.9 Å². The molecule has 0 bridgehead atoms. The van der Waals surface area contributed by atoms with Crippen molar-refractivity contribution < 1.29 is 14.9 Å². The molecule has 2 unspecified atom stereocenters. The van der Waals surface area contributed by atoms with Gasteiger partial charge in [0.25, 0.3) is 0 Å². The molecule has 5 aliphatic rings. The monoisotopic (exact) mass is 418 g/mol. The zero-order valence-electron chi connectivity index (χ0n) is 20.1. The lowest BCUT2D eigenvalue weighted by Gasteiger charge is -2.60. The number of hydrogen-bond acceptors (Lipinski definition) is 3. The highest BCUT2D eigenvalue weighted by molar-refractivity contribution is 5.26. The molecular weight excluding hydrogens is 372 g/mol. The molecular formula is C27H46O3. The predicted octanol–water partition coefficient (Wildman–Crippen LogP) is 5.57. The molecule has 0 amide bonds. The maximum Gasteiger partial charge on any atom is 0.114 e. The molecule has 4 saturated carbocycles. The molecule has 11 atom stereocenters. The van der Waals surface area contributed by atoms with Gasteiger partial charge in [-0.15, -0.1) is 0 Å². The normalized spacial score (nSPS) is 55.4. The van der Waals surface area contributed by atoms with Crippen LogP contribution in [0.3, 0.4) is 0 Å². The molecule has 1 aliphatic heterocycles. The van der Waals surface area contributed by atoms with Crippen LogP contribution in [0.2, 0.25) is 0 Å².